The van der Waals surface area contributed by atoms with E-state index in [4.69, 9.17) is 11.6 Å². The number of H-pyrrole nitrogens is 1. The van der Waals surface area contributed by atoms with E-state index in [1.807, 2.05) is 6.92 Å². The maximum atomic E-state index is 13.2. The number of fused-ring (bicyclic) bond motifs is 1. The smallest absolute Gasteiger partial charge is 0.322 e. The lowest BCUT2D eigenvalue weighted by Gasteiger charge is -2.26. The van der Waals surface area contributed by atoms with Gasteiger partial charge in [0.25, 0.3) is 5.56 Å². The molecule has 2 aromatic heterocycles. The standard InChI is InChI=1S/C18H16ClFN4O2/c1-10(13-9-22-17(25)12-5-6-21-8-14(12)13)24(2)18(26)23-11-3-4-16(20)15(19)7-11/h3-10H,1-2H3,(H,22,25)(H,23,26)/t10-/m0/s1. The van der Waals surface area contributed by atoms with Crippen molar-refractivity contribution >= 4 is 34.1 Å². The molecule has 2 N–H and O–H groups in total. The number of nitrogens with zero attached hydrogens (tertiary/aromatic N) is 2. The Hall–Kier alpha value is -2.93. The molecule has 8 heteroatoms. The second-order valence-corrected chi connectivity index (χ2v) is 6.25. The highest BCUT2D eigenvalue weighted by molar-refractivity contribution is 6.31. The molecule has 0 fully saturated rings. The van der Waals surface area contributed by atoms with Gasteiger partial charge in [-0.1, -0.05) is 11.6 Å². The van der Waals surface area contributed by atoms with E-state index in [0.29, 0.717) is 16.5 Å². The zero-order chi connectivity index (χ0) is 18.8. The molecule has 2 heterocycles. The summed E-state index contributed by atoms with van der Waals surface area (Å²) in [6, 6.07) is 4.83. The zero-order valence-corrected chi connectivity index (χ0v) is 14.8. The van der Waals surface area contributed by atoms with Crippen molar-refractivity contribution in [1.29, 1.82) is 0 Å². The summed E-state index contributed by atoms with van der Waals surface area (Å²) in [6.45, 7) is 1.83. The number of aromatic amines is 1. The maximum absolute atomic E-state index is 13.2. The van der Waals surface area contributed by atoms with Crippen molar-refractivity contribution in [2.45, 2.75) is 13.0 Å². The topological polar surface area (TPSA) is 78.1 Å². The minimum absolute atomic E-state index is 0.0730. The second-order valence-electron chi connectivity index (χ2n) is 5.84. The number of rotatable bonds is 3. The van der Waals surface area contributed by atoms with Crippen LogP contribution < -0.4 is 10.9 Å². The Morgan fingerprint density at radius 1 is 1.35 bits per heavy atom. The first-order valence-corrected chi connectivity index (χ1v) is 8.20. The molecule has 0 bridgehead atoms. The number of halogens is 2. The van der Waals surface area contributed by atoms with Crippen molar-refractivity contribution in [3.05, 3.63) is 69.6 Å². The monoisotopic (exact) mass is 374 g/mol. The van der Waals surface area contributed by atoms with Crippen LogP contribution in [0.4, 0.5) is 14.9 Å². The minimum Gasteiger partial charge on any atom is -0.328 e. The number of hydrogen-bond acceptors (Lipinski definition) is 3. The van der Waals surface area contributed by atoms with Gasteiger partial charge in [-0.15, -0.1) is 0 Å². The molecule has 0 saturated carbocycles. The third kappa shape index (κ3) is 3.39. The summed E-state index contributed by atoms with van der Waals surface area (Å²) in [5, 5.41) is 3.77. The number of hydrogen-bond donors (Lipinski definition) is 2. The van der Waals surface area contributed by atoms with Crippen LogP contribution in [0.15, 0.2) is 47.7 Å². The fraction of sp³-hybridized carbons (Fsp3) is 0.167. The Kier molecular flexibility index (Phi) is 4.90. The molecule has 134 valence electrons. The molecule has 0 unspecified atom stereocenters. The molecular weight excluding hydrogens is 359 g/mol. The fourth-order valence-electron chi connectivity index (χ4n) is 2.64. The van der Waals surface area contributed by atoms with Gasteiger partial charge in [0.2, 0.25) is 0 Å². The molecular formula is C18H16ClFN4O2. The molecule has 0 aliphatic carbocycles. The van der Waals surface area contributed by atoms with E-state index in [-0.39, 0.29) is 16.6 Å². The maximum Gasteiger partial charge on any atom is 0.322 e. The lowest BCUT2D eigenvalue weighted by molar-refractivity contribution is 0.208. The number of amides is 2. The first kappa shape index (κ1) is 17.9. The molecule has 1 aromatic carbocycles. The van der Waals surface area contributed by atoms with Gasteiger partial charge in [-0.05, 0) is 31.2 Å². The highest BCUT2D eigenvalue weighted by Crippen LogP contribution is 2.25. The van der Waals surface area contributed by atoms with Crippen molar-refractivity contribution in [2.24, 2.45) is 0 Å². The van der Waals surface area contributed by atoms with Crippen LogP contribution in [0.25, 0.3) is 10.8 Å². The van der Waals surface area contributed by atoms with Crippen molar-refractivity contribution in [2.75, 3.05) is 12.4 Å². The second kappa shape index (κ2) is 7.13. The lowest BCUT2D eigenvalue weighted by atomic mass is 10.0. The first-order chi connectivity index (χ1) is 12.4. The van der Waals surface area contributed by atoms with Crippen molar-refractivity contribution in [3.8, 4) is 0 Å². The Morgan fingerprint density at radius 3 is 2.85 bits per heavy atom. The van der Waals surface area contributed by atoms with Gasteiger partial charge in [-0.3, -0.25) is 9.78 Å². The number of benzene rings is 1. The molecule has 0 aliphatic rings. The summed E-state index contributed by atoms with van der Waals surface area (Å²) in [5.74, 6) is -0.557. The lowest BCUT2D eigenvalue weighted by Crippen LogP contribution is -2.34. The summed E-state index contributed by atoms with van der Waals surface area (Å²) in [5.41, 5.74) is 0.919. The van der Waals surface area contributed by atoms with Gasteiger partial charge in [0.1, 0.15) is 5.82 Å². The van der Waals surface area contributed by atoms with E-state index in [0.717, 1.165) is 5.56 Å². The third-order valence-corrected chi connectivity index (χ3v) is 4.55. The Morgan fingerprint density at radius 2 is 2.12 bits per heavy atom. The molecule has 3 rings (SSSR count). The Balaban J connectivity index is 1.86. The van der Waals surface area contributed by atoms with Crippen LogP contribution in [-0.4, -0.2) is 27.9 Å². The van der Waals surface area contributed by atoms with Crippen molar-refractivity contribution in [1.82, 2.24) is 14.9 Å². The normalized spacial score (nSPS) is 12.0. The van der Waals surface area contributed by atoms with Crippen molar-refractivity contribution < 1.29 is 9.18 Å². The molecule has 0 aliphatic heterocycles. The Labute approximate surface area is 153 Å². The molecule has 0 saturated heterocycles. The summed E-state index contributed by atoms with van der Waals surface area (Å²) < 4.78 is 13.2. The molecule has 3 aromatic rings. The van der Waals surface area contributed by atoms with Crippen LogP contribution >= 0.6 is 11.6 Å². The zero-order valence-electron chi connectivity index (χ0n) is 14.1. The first-order valence-electron chi connectivity index (χ1n) is 7.82. The van der Waals surface area contributed by atoms with E-state index in [9.17, 15) is 14.0 Å². The highest BCUT2D eigenvalue weighted by atomic mass is 35.5. The summed E-state index contributed by atoms with van der Waals surface area (Å²) in [4.78, 5) is 32.7. The molecule has 0 radical (unpaired) electrons. The quantitative estimate of drug-likeness (QED) is 0.728. The minimum atomic E-state index is -0.557. The molecule has 1 atom stereocenters. The largest absolute Gasteiger partial charge is 0.328 e. The van der Waals surface area contributed by atoms with Crippen LogP contribution in [0.1, 0.15) is 18.5 Å². The average Bonchev–Trinajstić information content (AvgIpc) is 2.64. The van der Waals surface area contributed by atoms with Gasteiger partial charge in [0.15, 0.2) is 0 Å². The number of pyridine rings is 2. The van der Waals surface area contributed by atoms with Gasteiger partial charge < -0.3 is 15.2 Å². The van der Waals surface area contributed by atoms with Gasteiger partial charge in [0, 0.05) is 42.3 Å². The van der Waals surface area contributed by atoms with E-state index in [1.54, 1.807) is 31.7 Å². The SMILES string of the molecule is C[C@@H](c1c[nH]c(=O)c2ccncc12)N(C)C(=O)Nc1ccc(F)c(Cl)c1. The van der Waals surface area contributed by atoms with Crippen molar-refractivity contribution in [3.63, 3.8) is 0 Å². The highest BCUT2D eigenvalue weighted by Gasteiger charge is 2.20. The summed E-state index contributed by atoms with van der Waals surface area (Å²) in [7, 11) is 1.62. The van der Waals surface area contributed by atoms with Crippen LogP contribution in [0.2, 0.25) is 5.02 Å². The van der Waals surface area contributed by atoms with Crippen LogP contribution in [-0.2, 0) is 0 Å². The van der Waals surface area contributed by atoms with Gasteiger partial charge in [0.05, 0.1) is 16.5 Å². The Bertz CT molecular complexity index is 1040. The predicted molar refractivity (Wildman–Crippen MR) is 99.0 cm³/mol. The van der Waals surface area contributed by atoms with Crippen LogP contribution in [0.3, 0.4) is 0 Å². The molecule has 26 heavy (non-hydrogen) atoms. The van der Waals surface area contributed by atoms with Gasteiger partial charge >= 0.3 is 6.03 Å². The predicted octanol–water partition coefficient (Wildman–Crippen LogP) is 3.94. The average molecular weight is 375 g/mol. The number of urea groups is 1. The number of anilines is 1. The van der Waals surface area contributed by atoms with E-state index < -0.39 is 11.8 Å². The third-order valence-electron chi connectivity index (χ3n) is 4.26. The fourth-order valence-corrected chi connectivity index (χ4v) is 2.82. The van der Waals surface area contributed by atoms with Crippen LogP contribution in [0.5, 0.6) is 0 Å². The molecule has 0 spiro atoms. The number of aromatic nitrogens is 2. The van der Waals surface area contributed by atoms with E-state index in [2.05, 4.69) is 15.3 Å². The van der Waals surface area contributed by atoms with Gasteiger partial charge in [-0.25, -0.2) is 9.18 Å². The number of carbonyl (C=O) groups is 1. The molecule has 6 nitrogen and oxygen atoms in total. The van der Waals surface area contributed by atoms with E-state index >= 15 is 0 Å². The number of carbonyl (C=O) groups excluding carboxylic acids is 1. The van der Waals surface area contributed by atoms with E-state index in [1.165, 1.54) is 23.1 Å². The summed E-state index contributed by atoms with van der Waals surface area (Å²) in [6.07, 6.45) is 4.72. The molecule has 2 amide bonds. The number of nitrogens with one attached hydrogen (secondary N) is 2. The summed E-state index contributed by atoms with van der Waals surface area (Å²) >= 11 is 5.73. The van der Waals surface area contributed by atoms with Crippen LogP contribution in [0, 0.1) is 5.82 Å². The van der Waals surface area contributed by atoms with Gasteiger partial charge in [-0.2, -0.15) is 0 Å².